The van der Waals surface area contributed by atoms with Crippen molar-refractivity contribution in [3.63, 3.8) is 0 Å². The molecule has 0 saturated carbocycles. The summed E-state index contributed by atoms with van der Waals surface area (Å²) in [5, 5.41) is 15.0. The van der Waals surface area contributed by atoms with E-state index in [0.29, 0.717) is 15.6 Å². The van der Waals surface area contributed by atoms with Gasteiger partial charge in [-0.25, -0.2) is 4.39 Å². The normalized spacial score (nSPS) is 13.0. The minimum atomic E-state index is -0.982. The van der Waals surface area contributed by atoms with Crippen LogP contribution in [0.1, 0.15) is 29.3 Å². The number of nitrogens with one attached hydrogen (secondary N) is 2. The fourth-order valence-electron chi connectivity index (χ4n) is 2.46. The summed E-state index contributed by atoms with van der Waals surface area (Å²) in [6.45, 7) is 1.54. The van der Waals surface area contributed by atoms with E-state index in [0.717, 1.165) is 0 Å². The van der Waals surface area contributed by atoms with E-state index in [1.165, 1.54) is 6.07 Å². The Morgan fingerprint density at radius 1 is 1.28 bits per heavy atom. The lowest BCUT2D eigenvalue weighted by molar-refractivity contribution is 0.0976. The molecule has 0 aliphatic carbocycles. The highest BCUT2D eigenvalue weighted by molar-refractivity contribution is 9.10. The summed E-state index contributed by atoms with van der Waals surface area (Å²) in [4.78, 5) is 12.2. The second-order valence-electron chi connectivity index (χ2n) is 5.70. The van der Waals surface area contributed by atoms with E-state index in [9.17, 15) is 14.3 Å². The first kappa shape index (κ1) is 19.5. The second kappa shape index (κ2) is 8.51. The van der Waals surface area contributed by atoms with Crippen LogP contribution in [0.15, 0.2) is 53.0 Å². The van der Waals surface area contributed by atoms with Crippen molar-refractivity contribution in [1.82, 2.24) is 10.6 Å². The van der Waals surface area contributed by atoms with Gasteiger partial charge in [0, 0.05) is 22.2 Å². The molecule has 1 atom stereocenters. The summed E-state index contributed by atoms with van der Waals surface area (Å²) >= 11 is 8.53. The van der Waals surface area contributed by atoms with Crippen molar-refractivity contribution in [2.45, 2.75) is 18.9 Å². The van der Waals surface area contributed by atoms with Crippen molar-refractivity contribution < 1.29 is 14.3 Å². The second-order valence-corrected chi connectivity index (χ2v) is 7.03. The number of amides is 1. The maximum absolute atomic E-state index is 14.3. The number of benzene rings is 2. The van der Waals surface area contributed by atoms with Crippen molar-refractivity contribution in [3.8, 4) is 0 Å². The van der Waals surface area contributed by atoms with Crippen LogP contribution in [-0.4, -0.2) is 22.7 Å². The smallest absolute Gasteiger partial charge is 0.257 e. The van der Waals surface area contributed by atoms with Crippen LogP contribution in [0.25, 0.3) is 0 Å². The van der Waals surface area contributed by atoms with E-state index >= 15 is 0 Å². The molecular weight excluding hydrogens is 407 g/mol. The van der Waals surface area contributed by atoms with E-state index in [-0.39, 0.29) is 24.0 Å². The molecule has 3 N–H and O–H groups in total. The predicted molar refractivity (Wildman–Crippen MR) is 103 cm³/mol. The van der Waals surface area contributed by atoms with Crippen LogP contribution < -0.4 is 10.6 Å². The molecule has 0 heterocycles. The Morgan fingerprint density at radius 3 is 2.60 bits per heavy atom. The summed E-state index contributed by atoms with van der Waals surface area (Å²) in [7, 11) is 0. The summed E-state index contributed by atoms with van der Waals surface area (Å²) in [5.74, 6) is -0.789. The lowest BCUT2D eigenvalue weighted by Gasteiger charge is -2.32. The molecule has 0 aromatic heterocycles. The van der Waals surface area contributed by atoms with E-state index in [1.54, 1.807) is 43.3 Å². The van der Waals surface area contributed by atoms with Gasteiger partial charge in [0.15, 0.2) is 5.11 Å². The van der Waals surface area contributed by atoms with Crippen LogP contribution in [0.2, 0.25) is 0 Å². The molecule has 2 aromatic rings. The molecular formula is C18H18BrFN2O2S. The van der Waals surface area contributed by atoms with Gasteiger partial charge in [-0.15, -0.1) is 0 Å². The van der Waals surface area contributed by atoms with Crippen molar-refractivity contribution in [1.29, 1.82) is 0 Å². The third kappa shape index (κ3) is 5.07. The Hall–Kier alpha value is -1.83. The van der Waals surface area contributed by atoms with Gasteiger partial charge in [-0.05, 0) is 55.9 Å². The van der Waals surface area contributed by atoms with E-state index in [2.05, 4.69) is 26.6 Å². The number of carbonyl (C=O) groups is 1. The monoisotopic (exact) mass is 424 g/mol. The largest absolute Gasteiger partial charge is 0.396 e. The predicted octanol–water partition coefficient (Wildman–Crippen LogP) is 3.49. The molecule has 0 bridgehead atoms. The van der Waals surface area contributed by atoms with Crippen molar-refractivity contribution in [2.75, 3.05) is 6.61 Å². The molecule has 132 valence electrons. The topological polar surface area (TPSA) is 61.4 Å². The average molecular weight is 425 g/mol. The Kier molecular flexibility index (Phi) is 6.64. The van der Waals surface area contributed by atoms with E-state index < -0.39 is 11.4 Å². The third-order valence-electron chi connectivity index (χ3n) is 3.79. The number of rotatable bonds is 5. The van der Waals surface area contributed by atoms with E-state index in [1.807, 2.05) is 6.07 Å². The molecule has 0 spiro atoms. The molecule has 0 aliphatic rings. The zero-order chi connectivity index (χ0) is 18.4. The maximum Gasteiger partial charge on any atom is 0.257 e. The van der Waals surface area contributed by atoms with Crippen LogP contribution in [-0.2, 0) is 5.54 Å². The molecule has 0 unspecified atom stereocenters. The Labute approximate surface area is 159 Å². The van der Waals surface area contributed by atoms with Gasteiger partial charge in [0.1, 0.15) is 5.82 Å². The number of hydrogen-bond donors (Lipinski definition) is 3. The Bertz CT molecular complexity index is 773. The SMILES string of the molecule is C[C@@](CCO)(NC(=S)NC(=O)c1ccccc1)c1cc(Br)ccc1F. The first-order chi connectivity index (χ1) is 11.9. The lowest BCUT2D eigenvalue weighted by Crippen LogP contribution is -2.50. The molecule has 0 fully saturated rings. The highest BCUT2D eigenvalue weighted by atomic mass is 79.9. The van der Waals surface area contributed by atoms with Gasteiger partial charge in [0.25, 0.3) is 5.91 Å². The first-order valence-electron chi connectivity index (χ1n) is 7.60. The van der Waals surface area contributed by atoms with Gasteiger partial charge in [-0.2, -0.15) is 0 Å². The number of thiocarbonyl (C=S) groups is 1. The standard InChI is InChI=1S/C18H18BrFN2O2S/c1-18(9-10-23,14-11-13(19)7-8-15(14)20)22-17(25)21-16(24)12-5-3-2-4-6-12/h2-8,11,23H,9-10H2,1H3,(H2,21,22,24,25)/t18-/m0/s1. The highest BCUT2D eigenvalue weighted by Gasteiger charge is 2.30. The van der Waals surface area contributed by atoms with Gasteiger partial charge in [0.05, 0.1) is 5.54 Å². The minimum Gasteiger partial charge on any atom is -0.396 e. The molecule has 25 heavy (non-hydrogen) atoms. The van der Waals surface area contributed by atoms with Crippen molar-refractivity contribution >= 4 is 39.2 Å². The lowest BCUT2D eigenvalue weighted by atomic mass is 9.88. The fourth-order valence-corrected chi connectivity index (χ4v) is 3.13. The molecule has 4 nitrogen and oxygen atoms in total. The Balaban J connectivity index is 2.19. The molecule has 1 amide bonds. The molecule has 0 radical (unpaired) electrons. The number of halogens is 2. The average Bonchev–Trinajstić information content (AvgIpc) is 2.57. The Morgan fingerprint density at radius 2 is 1.96 bits per heavy atom. The van der Waals surface area contributed by atoms with Gasteiger partial charge < -0.3 is 10.4 Å². The number of carbonyl (C=O) groups excluding carboxylic acids is 1. The summed E-state index contributed by atoms with van der Waals surface area (Å²) in [5.41, 5.74) is -0.180. The fraction of sp³-hybridized carbons (Fsp3) is 0.222. The van der Waals surface area contributed by atoms with Crippen LogP contribution in [0.5, 0.6) is 0 Å². The molecule has 0 aliphatic heterocycles. The zero-order valence-corrected chi connectivity index (χ0v) is 16.0. The van der Waals surface area contributed by atoms with Gasteiger partial charge in [0.2, 0.25) is 0 Å². The summed E-state index contributed by atoms with van der Waals surface area (Å²) in [6, 6.07) is 13.2. The quantitative estimate of drug-likeness (QED) is 0.642. The molecule has 2 rings (SSSR count). The summed E-state index contributed by atoms with van der Waals surface area (Å²) < 4.78 is 15.0. The van der Waals surface area contributed by atoms with E-state index in [4.69, 9.17) is 12.2 Å². The van der Waals surface area contributed by atoms with Gasteiger partial charge >= 0.3 is 0 Å². The van der Waals surface area contributed by atoms with Crippen molar-refractivity contribution in [3.05, 3.63) is 69.9 Å². The molecule has 2 aromatic carbocycles. The minimum absolute atomic E-state index is 0.0594. The van der Waals surface area contributed by atoms with Crippen molar-refractivity contribution in [2.24, 2.45) is 0 Å². The maximum atomic E-state index is 14.3. The van der Waals surface area contributed by atoms with Crippen LogP contribution >= 0.6 is 28.1 Å². The van der Waals surface area contributed by atoms with Crippen LogP contribution in [0, 0.1) is 5.82 Å². The number of aliphatic hydroxyl groups is 1. The number of hydrogen-bond acceptors (Lipinski definition) is 3. The van der Waals surface area contributed by atoms with Gasteiger partial charge in [-0.3, -0.25) is 10.1 Å². The molecule has 7 heteroatoms. The number of aliphatic hydroxyl groups excluding tert-OH is 1. The van der Waals surface area contributed by atoms with Gasteiger partial charge in [-0.1, -0.05) is 34.1 Å². The van der Waals surface area contributed by atoms with Crippen LogP contribution in [0.3, 0.4) is 0 Å². The molecule has 0 saturated heterocycles. The van der Waals surface area contributed by atoms with Crippen LogP contribution in [0.4, 0.5) is 4.39 Å². The zero-order valence-electron chi connectivity index (χ0n) is 13.6. The highest BCUT2D eigenvalue weighted by Crippen LogP contribution is 2.29. The first-order valence-corrected chi connectivity index (χ1v) is 8.81. The third-order valence-corrected chi connectivity index (χ3v) is 4.48. The summed E-state index contributed by atoms with van der Waals surface area (Å²) in [6.07, 6.45) is 0.210.